The standard InChI is InChI=1S/C27H34F2O3/c1-3-4-5-8-21-9-12-24(20(2)17-21)26-18-22-10-11-23(19-25(22)32-26)31-16-7-14-27(28,29)13-6-15-30/h9-12,17-19,30H,3-8,13-16H2,1-2H3. The zero-order valence-electron chi connectivity index (χ0n) is 19.1. The first-order valence-electron chi connectivity index (χ1n) is 11.7. The predicted octanol–water partition coefficient (Wildman–Crippen LogP) is 7.71. The van der Waals surface area contributed by atoms with Crippen LogP contribution in [0.1, 0.15) is 63.0 Å². The quantitative estimate of drug-likeness (QED) is 0.275. The van der Waals surface area contributed by atoms with E-state index in [2.05, 4.69) is 32.0 Å². The molecule has 0 aliphatic carbocycles. The van der Waals surface area contributed by atoms with Crippen LogP contribution in [-0.4, -0.2) is 24.2 Å². The zero-order chi connectivity index (χ0) is 23.0. The Hall–Kier alpha value is -2.40. The minimum Gasteiger partial charge on any atom is -0.493 e. The maximum atomic E-state index is 13.7. The SMILES string of the molecule is CCCCCc1ccc(-c2cc3ccc(OCCCC(F)(F)CCCO)cc3o2)c(C)c1. The molecule has 3 rings (SSSR count). The molecule has 0 saturated carbocycles. The molecule has 174 valence electrons. The van der Waals surface area contributed by atoms with E-state index >= 15 is 0 Å². The van der Waals surface area contributed by atoms with Crippen molar-refractivity contribution in [1.82, 2.24) is 0 Å². The molecule has 5 heteroatoms. The summed E-state index contributed by atoms with van der Waals surface area (Å²) in [6, 6.07) is 14.2. The van der Waals surface area contributed by atoms with Gasteiger partial charge in [0.1, 0.15) is 17.1 Å². The number of aliphatic hydroxyl groups is 1. The second-order valence-electron chi connectivity index (χ2n) is 8.55. The fourth-order valence-corrected chi connectivity index (χ4v) is 3.95. The van der Waals surface area contributed by atoms with Crippen LogP contribution < -0.4 is 4.74 Å². The number of furan rings is 1. The molecule has 0 amide bonds. The van der Waals surface area contributed by atoms with Crippen molar-refractivity contribution < 1.29 is 23.0 Å². The van der Waals surface area contributed by atoms with Crippen molar-refractivity contribution in [3.63, 3.8) is 0 Å². The highest BCUT2D eigenvalue weighted by atomic mass is 19.3. The molecular weight excluding hydrogens is 410 g/mol. The molecule has 0 fully saturated rings. The van der Waals surface area contributed by atoms with Crippen molar-refractivity contribution in [2.45, 2.75) is 71.1 Å². The number of alkyl halides is 2. The maximum Gasteiger partial charge on any atom is 0.248 e. The molecule has 1 aromatic heterocycles. The second-order valence-corrected chi connectivity index (χ2v) is 8.55. The predicted molar refractivity (Wildman–Crippen MR) is 126 cm³/mol. The van der Waals surface area contributed by atoms with Gasteiger partial charge in [-0.25, -0.2) is 8.78 Å². The molecule has 0 atom stereocenters. The van der Waals surface area contributed by atoms with Crippen molar-refractivity contribution >= 4 is 11.0 Å². The van der Waals surface area contributed by atoms with Crippen LogP contribution in [0.15, 0.2) is 46.9 Å². The molecule has 0 unspecified atom stereocenters. The van der Waals surface area contributed by atoms with Crippen molar-refractivity contribution in [1.29, 1.82) is 0 Å². The van der Waals surface area contributed by atoms with Gasteiger partial charge in [-0.3, -0.25) is 0 Å². The number of hydrogen-bond donors (Lipinski definition) is 1. The Balaban J connectivity index is 1.61. The summed E-state index contributed by atoms with van der Waals surface area (Å²) in [5, 5.41) is 9.69. The normalized spacial score (nSPS) is 11.9. The number of benzene rings is 2. The molecule has 0 bridgehead atoms. The molecule has 1 N–H and O–H groups in total. The molecule has 2 aromatic carbocycles. The summed E-state index contributed by atoms with van der Waals surface area (Å²) in [5.74, 6) is -1.33. The lowest BCUT2D eigenvalue weighted by Crippen LogP contribution is -2.17. The third kappa shape index (κ3) is 6.80. The molecule has 3 aromatic rings. The summed E-state index contributed by atoms with van der Waals surface area (Å²) in [7, 11) is 0. The Kier molecular flexibility index (Phi) is 8.68. The van der Waals surface area contributed by atoms with Crippen LogP contribution >= 0.6 is 0 Å². The van der Waals surface area contributed by atoms with E-state index in [1.165, 1.54) is 30.4 Å². The van der Waals surface area contributed by atoms with Crippen LogP contribution in [0.3, 0.4) is 0 Å². The number of aryl methyl sites for hydroxylation is 2. The summed E-state index contributed by atoms with van der Waals surface area (Å²) >= 11 is 0. The second kappa shape index (κ2) is 11.5. The van der Waals surface area contributed by atoms with Gasteiger partial charge in [0.15, 0.2) is 0 Å². The molecule has 32 heavy (non-hydrogen) atoms. The average molecular weight is 445 g/mol. The molecule has 0 saturated heterocycles. The first-order valence-corrected chi connectivity index (χ1v) is 11.7. The lowest BCUT2D eigenvalue weighted by molar-refractivity contribution is -0.0254. The third-order valence-corrected chi connectivity index (χ3v) is 5.77. The summed E-state index contributed by atoms with van der Waals surface area (Å²) in [6.45, 7) is 4.33. The van der Waals surface area contributed by atoms with Gasteiger partial charge in [-0.2, -0.15) is 0 Å². The number of hydrogen-bond acceptors (Lipinski definition) is 3. The van der Waals surface area contributed by atoms with E-state index in [0.29, 0.717) is 5.75 Å². The van der Waals surface area contributed by atoms with E-state index in [9.17, 15) is 8.78 Å². The summed E-state index contributed by atoms with van der Waals surface area (Å²) in [4.78, 5) is 0. The van der Waals surface area contributed by atoms with Crippen molar-refractivity contribution in [3.8, 4) is 17.1 Å². The molecule has 0 aliphatic heterocycles. The number of rotatable bonds is 13. The Morgan fingerprint density at radius 3 is 2.53 bits per heavy atom. The molecular formula is C27H34F2O3. The van der Waals surface area contributed by atoms with Gasteiger partial charge in [0.2, 0.25) is 5.92 Å². The van der Waals surface area contributed by atoms with Crippen LogP contribution in [0.25, 0.3) is 22.3 Å². The molecule has 0 radical (unpaired) electrons. The van der Waals surface area contributed by atoms with Crippen LogP contribution in [0.5, 0.6) is 5.75 Å². The number of ether oxygens (including phenoxy) is 1. The van der Waals surface area contributed by atoms with Crippen LogP contribution in [-0.2, 0) is 6.42 Å². The number of halogens is 2. The van der Waals surface area contributed by atoms with Gasteiger partial charge in [0.25, 0.3) is 0 Å². The van der Waals surface area contributed by atoms with E-state index in [-0.39, 0.29) is 38.9 Å². The Morgan fingerprint density at radius 2 is 1.78 bits per heavy atom. The van der Waals surface area contributed by atoms with E-state index in [1.807, 2.05) is 24.3 Å². The van der Waals surface area contributed by atoms with Gasteiger partial charge in [-0.1, -0.05) is 38.0 Å². The van der Waals surface area contributed by atoms with Gasteiger partial charge in [0.05, 0.1) is 6.61 Å². The molecule has 0 aliphatic rings. The minimum absolute atomic E-state index is 0.117. The van der Waals surface area contributed by atoms with Crippen LogP contribution in [0.2, 0.25) is 0 Å². The Labute approximate surface area is 189 Å². The average Bonchev–Trinajstić information content (AvgIpc) is 3.19. The lowest BCUT2D eigenvalue weighted by atomic mass is 10.00. The largest absolute Gasteiger partial charge is 0.493 e. The summed E-state index contributed by atoms with van der Waals surface area (Å²) < 4.78 is 39.1. The van der Waals surface area contributed by atoms with E-state index in [0.717, 1.165) is 28.7 Å². The molecule has 1 heterocycles. The first kappa shape index (κ1) is 24.2. The fourth-order valence-electron chi connectivity index (χ4n) is 3.95. The highest BCUT2D eigenvalue weighted by molar-refractivity contribution is 5.84. The third-order valence-electron chi connectivity index (χ3n) is 5.77. The minimum atomic E-state index is -2.75. The highest BCUT2D eigenvalue weighted by Gasteiger charge is 2.27. The van der Waals surface area contributed by atoms with Crippen LogP contribution in [0.4, 0.5) is 8.78 Å². The number of unbranched alkanes of at least 4 members (excludes halogenated alkanes) is 2. The smallest absolute Gasteiger partial charge is 0.248 e. The topological polar surface area (TPSA) is 42.6 Å². The van der Waals surface area contributed by atoms with Crippen molar-refractivity contribution in [2.75, 3.05) is 13.2 Å². The Morgan fingerprint density at radius 1 is 0.969 bits per heavy atom. The van der Waals surface area contributed by atoms with Gasteiger partial charge in [0, 0.05) is 36.5 Å². The fraction of sp³-hybridized carbons (Fsp3) is 0.481. The number of fused-ring (bicyclic) bond motifs is 1. The van der Waals surface area contributed by atoms with Crippen LogP contribution in [0, 0.1) is 6.92 Å². The van der Waals surface area contributed by atoms with Gasteiger partial charge in [-0.05, 0) is 61.9 Å². The molecule has 0 spiro atoms. The van der Waals surface area contributed by atoms with E-state index in [1.54, 1.807) is 0 Å². The van der Waals surface area contributed by atoms with E-state index < -0.39 is 5.92 Å². The van der Waals surface area contributed by atoms with Crippen molar-refractivity contribution in [3.05, 3.63) is 53.6 Å². The highest BCUT2D eigenvalue weighted by Crippen LogP contribution is 2.33. The molecule has 3 nitrogen and oxygen atoms in total. The summed E-state index contributed by atoms with van der Waals surface area (Å²) in [5.41, 5.74) is 4.34. The van der Waals surface area contributed by atoms with Gasteiger partial charge < -0.3 is 14.3 Å². The lowest BCUT2D eigenvalue weighted by Gasteiger charge is -2.15. The van der Waals surface area contributed by atoms with Gasteiger partial charge >= 0.3 is 0 Å². The van der Waals surface area contributed by atoms with Crippen molar-refractivity contribution in [2.24, 2.45) is 0 Å². The van der Waals surface area contributed by atoms with E-state index in [4.69, 9.17) is 14.3 Å². The van der Waals surface area contributed by atoms with Gasteiger partial charge in [-0.15, -0.1) is 0 Å². The first-order chi connectivity index (χ1) is 15.4. The number of aliphatic hydroxyl groups excluding tert-OH is 1. The monoisotopic (exact) mass is 444 g/mol. The Bertz CT molecular complexity index is 994. The zero-order valence-corrected chi connectivity index (χ0v) is 19.1. The summed E-state index contributed by atoms with van der Waals surface area (Å²) in [6.07, 6.45) is 4.62. The maximum absolute atomic E-state index is 13.7.